The van der Waals surface area contributed by atoms with Crippen LogP contribution in [0.25, 0.3) is 0 Å². The van der Waals surface area contributed by atoms with E-state index in [1.54, 1.807) is 0 Å². The minimum Gasteiger partial charge on any atom is -0.321 e. The standard InChI is InChI=1S/C14H20ClN/c1-11-12(7-6-8-13(11)15)14(16)9-4-2-3-5-10-14/h6-8H,2-5,9-10,16H2,1H3. The number of halogens is 1. The fourth-order valence-electron chi connectivity index (χ4n) is 2.78. The highest BCUT2D eigenvalue weighted by atomic mass is 35.5. The normalized spacial score (nSPS) is 20.4. The molecule has 0 aromatic heterocycles. The lowest BCUT2D eigenvalue weighted by atomic mass is 9.81. The van der Waals surface area contributed by atoms with E-state index in [1.165, 1.54) is 31.2 Å². The predicted octanol–water partition coefficient (Wildman–Crippen LogP) is 4.16. The van der Waals surface area contributed by atoms with Crippen LogP contribution in [0.5, 0.6) is 0 Å². The first-order valence-corrected chi connectivity index (χ1v) is 6.56. The molecule has 88 valence electrons. The van der Waals surface area contributed by atoms with Gasteiger partial charge in [-0.3, -0.25) is 0 Å². The van der Waals surface area contributed by atoms with Crippen molar-refractivity contribution in [1.29, 1.82) is 0 Å². The second-order valence-corrected chi connectivity index (χ2v) is 5.39. The maximum Gasteiger partial charge on any atom is 0.0438 e. The topological polar surface area (TPSA) is 26.0 Å². The van der Waals surface area contributed by atoms with Gasteiger partial charge in [0, 0.05) is 10.6 Å². The van der Waals surface area contributed by atoms with Gasteiger partial charge in [-0.25, -0.2) is 0 Å². The molecule has 1 aromatic carbocycles. The molecular formula is C14H20ClN. The second-order valence-electron chi connectivity index (χ2n) is 4.98. The molecule has 1 aliphatic carbocycles. The van der Waals surface area contributed by atoms with Crippen LogP contribution in [0.2, 0.25) is 5.02 Å². The van der Waals surface area contributed by atoms with Crippen molar-refractivity contribution in [2.45, 2.75) is 51.0 Å². The molecule has 0 amide bonds. The first-order valence-electron chi connectivity index (χ1n) is 6.18. The molecule has 0 unspecified atom stereocenters. The van der Waals surface area contributed by atoms with Gasteiger partial charge in [-0.05, 0) is 37.0 Å². The fourth-order valence-corrected chi connectivity index (χ4v) is 2.95. The fraction of sp³-hybridized carbons (Fsp3) is 0.571. The van der Waals surface area contributed by atoms with Crippen LogP contribution in [0.3, 0.4) is 0 Å². The summed E-state index contributed by atoms with van der Waals surface area (Å²) >= 11 is 6.18. The summed E-state index contributed by atoms with van der Waals surface area (Å²) in [5.74, 6) is 0. The highest BCUT2D eigenvalue weighted by molar-refractivity contribution is 6.31. The van der Waals surface area contributed by atoms with E-state index in [9.17, 15) is 0 Å². The van der Waals surface area contributed by atoms with Crippen LogP contribution in [-0.4, -0.2) is 0 Å². The molecule has 1 fully saturated rings. The Morgan fingerprint density at radius 3 is 2.38 bits per heavy atom. The Kier molecular flexibility index (Phi) is 3.56. The molecule has 0 spiro atoms. The summed E-state index contributed by atoms with van der Waals surface area (Å²) in [6.45, 7) is 2.08. The highest BCUT2D eigenvalue weighted by Gasteiger charge is 2.29. The molecule has 2 N–H and O–H groups in total. The van der Waals surface area contributed by atoms with Crippen molar-refractivity contribution in [3.63, 3.8) is 0 Å². The number of hydrogen-bond donors (Lipinski definition) is 1. The molecule has 16 heavy (non-hydrogen) atoms. The number of nitrogens with two attached hydrogens (primary N) is 1. The van der Waals surface area contributed by atoms with Crippen molar-refractivity contribution in [3.8, 4) is 0 Å². The third-order valence-corrected chi connectivity index (χ3v) is 4.21. The van der Waals surface area contributed by atoms with Gasteiger partial charge in [-0.2, -0.15) is 0 Å². The van der Waals surface area contributed by atoms with E-state index in [-0.39, 0.29) is 5.54 Å². The van der Waals surface area contributed by atoms with E-state index in [0.717, 1.165) is 23.4 Å². The third-order valence-electron chi connectivity index (χ3n) is 3.80. The lowest BCUT2D eigenvalue weighted by Gasteiger charge is -2.30. The molecule has 0 atom stereocenters. The Balaban J connectivity index is 2.37. The van der Waals surface area contributed by atoms with Crippen LogP contribution in [0.15, 0.2) is 18.2 Å². The average Bonchev–Trinajstić information content (AvgIpc) is 2.48. The quantitative estimate of drug-likeness (QED) is 0.730. The Morgan fingerprint density at radius 1 is 1.12 bits per heavy atom. The van der Waals surface area contributed by atoms with E-state index in [4.69, 9.17) is 17.3 Å². The van der Waals surface area contributed by atoms with Gasteiger partial charge in [-0.15, -0.1) is 0 Å². The summed E-state index contributed by atoms with van der Waals surface area (Å²) < 4.78 is 0. The Labute approximate surface area is 103 Å². The second kappa shape index (κ2) is 4.77. The van der Waals surface area contributed by atoms with E-state index < -0.39 is 0 Å². The average molecular weight is 238 g/mol. The lowest BCUT2D eigenvalue weighted by Crippen LogP contribution is -2.36. The van der Waals surface area contributed by atoms with Gasteiger partial charge in [0.2, 0.25) is 0 Å². The van der Waals surface area contributed by atoms with Crippen LogP contribution in [0, 0.1) is 6.92 Å². The molecule has 1 nitrogen and oxygen atoms in total. The zero-order valence-electron chi connectivity index (χ0n) is 9.93. The largest absolute Gasteiger partial charge is 0.321 e. The number of hydrogen-bond acceptors (Lipinski definition) is 1. The summed E-state index contributed by atoms with van der Waals surface area (Å²) in [7, 11) is 0. The van der Waals surface area contributed by atoms with E-state index in [1.807, 2.05) is 12.1 Å². The summed E-state index contributed by atoms with van der Waals surface area (Å²) in [6, 6.07) is 6.11. The first kappa shape index (κ1) is 11.9. The predicted molar refractivity (Wildman–Crippen MR) is 69.8 cm³/mol. The molecule has 0 heterocycles. The molecule has 0 saturated heterocycles. The minimum absolute atomic E-state index is 0.147. The lowest BCUT2D eigenvalue weighted by molar-refractivity contribution is 0.383. The SMILES string of the molecule is Cc1c(Cl)cccc1C1(N)CCCCCC1. The molecule has 1 saturated carbocycles. The molecule has 0 bridgehead atoms. The van der Waals surface area contributed by atoms with Crippen molar-refractivity contribution in [3.05, 3.63) is 34.3 Å². The number of rotatable bonds is 1. The van der Waals surface area contributed by atoms with Gasteiger partial charge in [0.1, 0.15) is 0 Å². The van der Waals surface area contributed by atoms with E-state index in [0.29, 0.717) is 0 Å². The zero-order valence-corrected chi connectivity index (χ0v) is 10.7. The molecule has 0 aliphatic heterocycles. The van der Waals surface area contributed by atoms with Gasteiger partial charge in [0.25, 0.3) is 0 Å². The van der Waals surface area contributed by atoms with Crippen LogP contribution < -0.4 is 5.73 Å². The Bertz CT molecular complexity index is 365. The van der Waals surface area contributed by atoms with Gasteiger partial charge < -0.3 is 5.73 Å². The smallest absolute Gasteiger partial charge is 0.0438 e. The summed E-state index contributed by atoms with van der Waals surface area (Å²) in [6.07, 6.45) is 7.30. The first-order chi connectivity index (χ1) is 7.63. The van der Waals surface area contributed by atoms with Crippen molar-refractivity contribution < 1.29 is 0 Å². The van der Waals surface area contributed by atoms with E-state index >= 15 is 0 Å². The maximum absolute atomic E-state index is 6.59. The van der Waals surface area contributed by atoms with Crippen molar-refractivity contribution in [2.75, 3.05) is 0 Å². The summed E-state index contributed by atoms with van der Waals surface area (Å²) in [4.78, 5) is 0. The maximum atomic E-state index is 6.59. The summed E-state index contributed by atoms with van der Waals surface area (Å²) in [5.41, 5.74) is 8.86. The van der Waals surface area contributed by atoms with Gasteiger partial charge in [0.05, 0.1) is 0 Å². The van der Waals surface area contributed by atoms with Crippen molar-refractivity contribution >= 4 is 11.6 Å². The Hall–Kier alpha value is -0.530. The van der Waals surface area contributed by atoms with Crippen LogP contribution >= 0.6 is 11.6 Å². The van der Waals surface area contributed by atoms with Crippen LogP contribution in [0.1, 0.15) is 49.7 Å². The van der Waals surface area contributed by atoms with Crippen molar-refractivity contribution in [1.82, 2.24) is 0 Å². The highest BCUT2D eigenvalue weighted by Crippen LogP contribution is 2.36. The third kappa shape index (κ3) is 2.26. The molecular weight excluding hydrogens is 218 g/mol. The minimum atomic E-state index is -0.147. The monoisotopic (exact) mass is 237 g/mol. The van der Waals surface area contributed by atoms with E-state index in [2.05, 4.69) is 13.0 Å². The van der Waals surface area contributed by atoms with Gasteiger partial charge in [-0.1, -0.05) is 49.4 Å². The number of benzene rings is 1. The molecule has 2 heteroatoms. The van der Waals surface area contributed by atoms with Crippen LogP contribution in [0.4, 0.5) is 0 Å². The Morgan fingerprint density at radius 2 is 1.75 bits per heavy atom. The van der Waals surface area contributed by atoms with Crippen LogP contribution in [-0.2, 0) is 5.54 Å². The van der Waals surface area contributed by atoms with Gasteiger partial charge in [0.15, 0.2) is 0 Å². The van der Waals surface area contributed by atoms with Crippen molar-refractivity contribution in [2.24, 2.45) is 5.73 Å². The molecule has 1 aromatic rings. The summed E-state index contributed by atoms with van der Waals surface area (Å²) in [5, 5.41) is 0.839. The van der Waals surface area contributed by atoms with Gasteiger partial charge >= 0.3 is 0 Å². The molecule has 1 aliphatic rings. The zero-order chi connectivity index (χ0) is 11.6. The molecule has 2 rings (SSSR count). The molecule has 0 radical (unpaired) electrons.